The molecule has 0 radical (unpaired) electrons. The highest BCUT2D eigenvalue weighted by Gasteiger charge is 2.32. The minimum absolute atomic E-state index is 0.650. The first kappa shape index (κ1) is 12.4. The van der Waals surface area contributed by atoms with Gasteiger partial charge in [-0.15, -0.1) is 0 Å². The molecule has 2 fully saturated rings. The van der Waals surface area contributed by atoms with Crippen LogP contribution in [0.15, 0.2) is 0 Å². The van der Waals surface area contributed by atoms with Gasteiger partial charge in [0, 0.05) is 6.54 Å². The summed E-state index contributed by atoms with van der Waals surface area (Å²) < 4.78 is 0. The van der Waals surface area contributed by atoms with Crippen LogP contribution in [-0.2, 0) is 0 Å². The standard InChI is InChI=1S/C14H28N2/c1-3-14(6-4-5-7-14)11-16-8-12(2)13-9-15-10-13/h12-13,15-16H,3-11H2,1-2H3. The Hall–Kier alpha value is -0.0800. The van der Waals surface area contributed by atoms with Crippen molar-refractivity contribution in [3.05, 3.63) is 0 Å². The van der Waals surface area contributed by atoms with E-state index in [2.05, 4.69) is 24.5 Å². The quantitative estimate of drug-likeness (QED) is 0.724. The molecule has 0 bridgehead atoms. The van der Waals surface area contributed by atoms with Crippen molar-refractivity contribution in [2.45, 2.75) is 46.0 Å². The van der Waals surface area contributed by atoms with Gasteiger partial charge in [-0.1, -0.05) is 26.7 Å². The van der Waals surface area contributed by atoms with E-state index < -0.39 is 0 Å². The first-order chi connectivity index (χ1) is 7.76. The molecule has 0 spiro atoms. The summed E-state index contributed by atoms with van der Waals surface area (Å²) in [5.41, 5.74) is 0.650. The maximum Gasteiger partial charge on any atom is 0.000782 e. The fraction of sp³-hybridized carbons (Fsp3) is 1.00. The van der Waals surface area contributed by atoms with Gasteiger partial charge in [-0.25, -0.2) is 0 Å². The predicted molar refractivity (Wildman–Crippen MR) is 69.6 cm³/mol. The Morgan fingerprint density at radius 3 is 2.50 bits per heavy atom. The molecule has 2 rings (SSSR count). The fourth-order valence-corrected chi connectivity index (χ4v) is 3.23. The first-order valence-electron chi connectivity index (χ1n) is 7.17. The Morgan fingerprint density at radius 2 is 2.00 bits per heavy atom. The molecule has 16 heavy (non-hydrogen) atoms. The molecular formula is C14H28N2. The Labute approximate surface area is 101 Å². The third kappa shape index (κ3) is 2.78. The highest BCUT2D eigenvalue weighted by molar-refractivity contribution is 4.86. The van der Waals surface area contributed by atoms with Crippen LogP contribution in [0.2, 0.25) is 0 Å². The van der Waals surface area contributed by atoms with Gasteiger partial charge < -0.3 is 10.6 Å². The van der Waals surface area contributed by atoms with Crippen molar-refractivity contribution in [1.29, 1.82) is 0 Å². The lowest BCUT2D eigenvalue weighted by Crippen LogP contribution is -2.48. The molecule has 0 aromatic heterocycles. The molecule has 2 heteroatoms. The first-order valence-corrected chi connectivity index (χ1v) is 7.17. The smallest absolute Gasteiger partial charge is 0.000782 e. The lowest BCUT2D eigenvalue weighted by atomic mass is 9.83. The molecule has 1 unspecified atom stereocenters. The van der Waals surface area contributed by atoms with Crippen molar-refractivity contribution in [3.8, 4) is 0 Å². The minimum Gasteiger partial charge on any atom is -0.316 e. The molecule has 94 valence electrons. The normalized spacial score (nSPS) is 26.6. The Bertz CT molecular complexity index is 205. The molecule has 0 aromatic carbocycles. The van der Waals surface area contributed by atoms with Crippen LogP contribution < -0.4 is 10.6 Å². The zero-order valence-electron chi connectivity index (χ0n) is 11.0. The largest absolute Gasteiger partial charge is 0.316 e. The average Bonchev–Trinajstić information content (AvgIpc) is 2.64. The summed E-state index contributed by atoms with van der Waals surface area (Å²) in [6, 6.07) is 0. The topological polar surface area (TPSA) is 24.1 Å². The molecule has 0 aromatic rings. The van der Waals surface area contributed by atoms with E-state index in [1.807, 2.05) is 0 Å². The summed E-state index contributed by atoms with van der Waals surface area (Å²) in [6.45, 7) is 9.71. The van der Waals surface area contributed by atoms with E-state index in [9.17, 15) is 0 Å². The van der Waals surface area contributed by atoms with Crippen molar-refractivity contribution >= 4 is 0 Å². The Balaban J connectivity index is 1.66. The molecule has 1 heterocycles. The molecular weight excluding hydrogens is 196 g/mol. The lowest BCUT2D eigenvalue weighted by Gasteiger charge is -2.34. The van der Waals surface area contributed by atoms with Crippen molar-refractivity contribution in [2.75, 3.05) is 26.2 Å². The van der Waals surface area contributed by atoms with Crippen LogP contribution in [0.25, 0.3) is 0 Å². The van der Waals surface area contributed by atoms with E-state index in [-0.39, 0.29) is 0 Å². The SMILES string of the molecule is CCC1(CNCC(C)C2CNC2)CCCC1. The molecule has 1 aliphatic carbocycles. The van der Waals surface area contributed by atoms with Gasteiger partial charge in [-0.2, -0.15) is 0 Å². The van der Waals surface area contributed by atoms with E-state index in [1.54, 1.807) is 0 Å². The molecule has 0 amide bonds. The highest BCUT2D eigenvalue weighted by atomic mass is 15.0. The number of hydrogen-bond acceptors (Lipinski definition) is 2. The van der Waals surface area contributed by atoms with Gasteiger partial charge in [0.2, 0.25) is 0 Å². The number of nitrogens with one attached hydrogen (secondary N) is 2. The van der Waals surface area contributed by atoms with Crippen LogP contribution in [-0.4, -0.2) is 26.2 Å². The third-order valence-electron chi connectivity index (χ3n) is 5.00. The summed E-state index contributed by atoms with van der Waals surface area (Å²) >= 11 is 0. The molecule has 1 atom stereocenters. The van der Waals surface area contributed by atoms with Crippen molar-refractivity contribution in [1.82, 2.24) is 10.6 Å². The maximum atomic E-state index is 3.74. The van der Waals surface area contributed by atoms with E-state index in [4.69, 9.17) is 0 Å². The summed E-state index contributed by atoms with van der Waals surface area (Å²) in [6.07, 6.45) is 7.18. The zero-order valence-corrected chi connectivity index (χ0v) is 11.0. The van der Waals surface area contributed by atoms with Crippen LogP contribution in [0.4, 0.5) is 0 Å². The van der Waals surface area contributed by atoms with Gasteiger partial charge in [0.25, 0.3) is 0 Å². The van der Waals surface area contributed by atoms with Gasteiger partial charge in [0.05, 0.1) is 0 Å². The highest BCUT2D eigenvalue weighted by Crippen LogP contribution is 2.40. The maximum absolute atomic E-state index is 3.74. The van der Waals surface area contributed by atoms with Crippen LogP contribution in [0.3, 0.4) is 0 Å². The van der Waals surface area contributed by atoms with E-state index in [0.717, 1.165) is 11.8 Å². The van der Waals surface area contributed by atoms with Crippen molar-refractivity contribution in [2.24, 2.45) is 17.3 Å². The van der Waals surface area contributed by atoms with Crippen molar-refractivity contribution in [3.63, 3.8) is 0 Å². The summed E-state index contributed by atoms with van der Waals surface area (Å²) in [7, 11) is 0. The number of hydrogen-bond donors (Lipinski definition) is 2. The molecule has 2 nitrogen and oxygen atoms in total. The predicted octanol–water partition coefficient (Wildman–Crippen LogP) is 2.40. The Morgan fingerprint density at radius 1 is 1.31 bits per heavy atom. The second-order valence-electron chi connectivity index (χ2n) is 6.09. The van der Waals surface area contributed by atoms with Crippen LogP contribution in [0.5, 0.6) is 0 Å². The van der Waals surface area contributed by atoms with E-state index in [0.29, 0.717) is 5.41 Å². The lowest BCUT2D eigenvalue weighted by molar-refractivity contribution is 0.219. The zero-order chi connectivity index (χ0) is 11.4. The van der Waals surface area contributed by atoms with Gasteiger partial charge >= 0.3 is 0 Å². The monoisotopic (exact) mass is 224 g/mol. The molecule has 1 saturated heterocycles. The van der Waals surface area contributed by atoms with Gasteiger partial charge in [-0.3, -0.25) is 0 Å². The van der Waals surface area contributed by atoms with Gasteiger partial charge in [0.15, 0.2) is 0 Å². The minimum atomic E-state index is 0.650. The molecule has 2 N–H and O–H groups in total. The second-order valence-corrected chi connectivity index (χ2v) is 6.09. The van der Waals surface area contributed by atoms with E-state index in [1.165, 1.54) is 58.3 Å². The molecule has 1 saturated carbocycles. The molecule has 2 aliphatic rings. The van der Waals surface area contributed by atoms with E-state index >= 15 is 0 Å². The third-order valence-corrected chi connectivity index (χ3v) is 5.00. The van der Waals surface area contributed by atoms with Crippen LogP contribution in [0.1, 0.15) is 46.0 Å². The van der Waals surface area contributed by atoms with Gasteiger partial charge in [0.1, 0.15) is 0 Å². The van der Waals surface area contributed by atoms with Crippen molar-refractivity contribution < 1.29 is 0 Å². The fourth-order valence-electron chi connectivity index (χ4n) is 3.23. The molecule has 1 aliphatic heterocycles. The average molecular weight is 224 g/mol. The summed E-state index contributed by atoms with van der Waals surface area (Å²) in [4.78, 5) is 0. The summed E-state index contributed by atoms with van der Waals surface area (Å²) in [5.74, 6) is 1.77. The number of rotatable bonds is 6. The van der Waals surface area contributed by atoms with Gasteiger partial charge in [-0.05, 0) is 56.1 Å². The van der Waals surface area contributed by atoms with Crippen LogP contribution >= 0.6 is 0 Å². The second kappa shape index (κ2) is 5.50. The Kier molecular flexibility index (Phi) is 4.26. The summed E-state index contributed by atoms with van der Waals surface area (Å²) in [5, 5.41) is 7.10. The van der Waals surface area contributed by atoms with Crippen LogP contribution in [0, 0.1) is 17.3 Å².